The molecule has 1 nitrogen and oxygen atoms in total. The van der Waals surface area contributed by atoms with E-state index in [1.165, 1.54) is 6.07 Å². The van der Waals surface area contributed by atoms with E-state index >= 15 is 0 Å². The lowest BCUT2D eigenvalue weighted by molar-refractivity contribution is 0.151. The molecular weight excluding hydrogens is 232 g/mol. The van der Waals surface area contributed by atoms with E-state index in [1.54, 1.807) is 12.1 Å². The van der Waals surface area contributed by atoms with E-state index < -0.39 is 6.43 Å². The van der Waals surface area contributed by atoms with Crippen molar-refractivity contribution in [3.05, 3.63) is 41.5 Å². The molecule has 4 heteroatoms. The van der Waals surface area contributed by atoms with Gasteiger partial charge >= 0.3 is 0 Å². The van der Waals surface area contributed by atoms with Gasteiger partial charge in [-0.1, -0.05) is 24.3 Å². The van der Waals surface area contributed by atoms with Crippen LogP contribution in [0, 0.1) is 0 Å². The van der Waals surface area contributed by atoms with Crippen LogP contribution in [0.5, 0.6) is 0 Å². The van der Waals surface area contributed by atoms with Gasteiger partial charge in [-0.3, -0.25) is 0 Å². The van der Waals surface area contributed by atoms with E-state index in [9.17, 15) is 8.78 Å². The van der Waals surface area contributed by atoms with E-state index in [2.05, 4.69) is 11.4 Å². The Bertz CT molecular complexity index is 377. The van der Waals surface area contributed by atoms with Crippen molar-refractivity contribution in [3.63, 3.8) is 0 Å². The van der Waals surface area contributed by atoms with E-state index in [0.717, 1.165) is 30.6 Å². The first kappa shape index (κ1) is 13.1. The van der Waals surface area contributed by atoms with E-state index in [1.807, 2.05) is 6.07 Å². The Kier molecular flexibility index (Phi) is 4.90. The molecule has 1 aromatic carbocycles. The molecule has 1 aliphatic rings. The molecule has 1 aromatic rings. The minimum absolute atomic E-state index is 0. The number of halogens is 3. The fraction of sp³-hybridized carbons (Fsp3) is 0.333. The Morgan fingerprint density at radius 3 is 2.69 bits per heavy atom. The summed E-state index contributed by atoms with van der Waals surface area (Å²) in [5.74, 6) is 0. The van der Waals surface area contributed by atoms with Gasteiger partial charge in [-0.2, -0.15) is 0 Å². The largest absolute Gasteiger partial charge is 0.313 e. The molecule has 0 saturated carbocycles. The molecule has 0 bridgehead atoms. The van der Waals surface area contributed by atoms with Gasteiger partial charge < -0.3 is 5.32 Å². The Morgan fingerprint density at radius 2 is 2.06 bits per heavy atom. The molecule has 16 heavy (non-hydrogen) atoms. The standard InChI is InChI=1S/C12H13F2N.ClH/c13-12(14)11-3-1-2-10(8-11)9-4-6-15-7-5-9;/h1-4,8,12,15H,5-7H2;1H. The second-order valence-corrected chi connectivity index (χ2v) is 3.61. The molecule has 1 heterocycles. The number of hydrogen-bond donors (Lipinski definition) is 1. The minimum Gasteiger partial charge on any atom is -0.313 e. The van der Waals surface area contributed by atoms with Gasteiger partial charge in [0.05, 0.1) is 0 Å². The van der Waals surface area contributed by atoms with Crippen LogP contribution in [0.2, 0.25) is 0 Å². The van der Waals surface area contributed by atoms with Gasteiger partial charge in [-0.05, 0) is 30.2 Å². The highest BCUT2D eigenvalue weighted by Crippen LogP contribution is 2.25. The molecule has 0 aromatic heterocycles. The maximum Gasteiger partial charge on any atom is 0.263 e. The van der Waals surface area contributed by atoms with Gasteiger partial charge in [0.25, 0.3) is 6.43 Å². The lowest BCUT2D eigenvalue weighted by Crippen LogP contribution is -2.20. The van der Waals surface area contributed by atoms with Gasteiger partial charge in [0.1, 0.15) is 0 Å². The zero-order valence-electron chi connectivity index (χ0n) is 8.75. The third-order valence-corrected chi connectivity index (χ3v) is 2.57. The third-order valence-electron chi connectivity index (χ3n) is 2.57. The van der Waals surface area contributed by atoms with Crippen molar-refractivity contribution in [2.24, 2.45) is 0 Å². The van der Waals surface area contributed by atoms with Crippen LogP contribution >= 0.6 is 12.4 Å². The lowest BCUT2D eigenvalue weighted by atomic mass is 9.98. The van der Waals surface area contributed by atoms with Crippen LogP contribution in [0.25, 0.3) is 5.57 Å². The molecule has 88 valence electrons. The zero-order valence-corrected chi connectivity index (χ0v) is 9.57. The van der Waals surface area contributed by atoms with Gasteiger partial charge in [0.15, 0.2) is 0 Å². The predicted molar refractivity (Wildman–Crippen MR) is 64.1 cm³/mol. The highest BCUT2D eigenvalue weighted by Gasteiger charge is 2.10. The normalized spacial score (nSPS) is 15.6. The minimum atomic E-state index is -2.38. The van der Waals surface area contributed by atoms with Crippen LogP contribution in [-0.4, -0.2) is 13.1 Å². The van der Waals surface area contributed by atoms with Crippen molar-refractivity contribution in [2.45, 2.75) is 12.8 Å². The predicted octanol–water partition coefficient (Wildman–Crippen LogP) is 3.42. The molecule has 0 amide bonds. The molecule has 0 aliphatic carbocycles. The van der Waals surface area contributed by atoms with Crippen molar-refractivity contribution in [2.75, 3.05) is 13.1 Å². The van der Waals surface area contributed by atoms with Crippen molar-refractivity contribution >= 4 is 18.0 Å². The summed E-state index contributed by atoms with van der Waals surface area (Å²) in [7, 11) is 0. The van der Waals surface area contributed by atoms with Crippen LogP contribution in [0.4, 0.5) is 8.78 Å². The molecule has 0 saturated heterocycles. The first-order valence-corrected chi connectivity index (χ1v) is 5.05. The van der Waals surface area contributed by atoms with Crippen LogP contribution in [0.1, 0.15) is 24.0 Å². The Balaban J connectivity index is 0.00000128. The van der Waals surface area contributed by atoms with Crippen LogP contribution in [0.15, 0.2) is 30.3 Å². The average molecular weight is 246 g/mol. The number of alkyl halides is 2. The smallest absolute Gasteiger partial charge is 0.263 e. The van der Waals surface area contributed by atoms with Crippen molar-refractivity contribution in [1.29, 1.82) is 0 Å². The molecular formula is C12H14ClF2N. The monoisotopic (exact) mass is 245 g/mol. The van der Waals surface area contributed by atoms with Gasteiger partial charge in [0, 0.05) is 12.1 Å². The van der Waals surface area contributed by atoms with Crippen molar-refractivity contribution in [1.82, 2.24) is 5.32 Å². The second kappa shape index (κ2) is 5.97. The summed E-state index contributed by atoms with van der Waals surface area (Å²) in [5.41, 5.74) is 2.19. The highest BCUT2D eigenvalue weighted by atomic mass is 35.5. The maximum atomic E-state index is 12.5. The van der Waals surface area contributed by atoms with Crippen LogP contribution < -0.4 is 5.32 Å². The summed E-state index contributed by atoms with van der Waals surface area (Å²) in [6, 6.07) is 6.64. The number of benzene rings is 1. The van der Waals surface area contributed by atoms with E-state index in [-0.39, 0.29) is 18.0 Å². The quantitative estimate of drug-likeness (QED) is 0.842. The first-order valence-electron chi connectivity index (χ1n) is 5.05. The van der Waals surface area contributed by atoms with E-state index in [0.29, 0.717) is 0 Å². The van der Waals surface area contributed by atoms with Crippen LogP contribution in [0.3, 0.4) is 0 Å². The fourth-order valence-corrected chi connectivity index (χ4v) is 1.76. The fourth-order valence-electron chi connectivity index (χ4n) is 1.76. The molecule has 0 atom stereocenters. The number of rotatable bonds is 2. The second-order valence-electron chi connectivity index (χ2n) is 3.61. The lowest BCUT2D eigenvalue weighted by Gasteiger charge is -2.14. The molecule has 0 radical (unpaired) electrons. The Labute approximate surface area is 100.0 Å². The Hall–Kier alpha value is -0.930. The molecule has 0 spiro atoms. The summed E-state index contributed by atoms with van der Waals surface area (Å²) < 4.78 is 25.0. The SMILES string of the molecule is Cl.FC(F)c1cccc(C2=CCNCC2)c1. The highest BCUT2D eigenvalue weighted by molar-refractivity contribution is 5.85. The molecule has 2 rings (SSSR count). The molecule has 1 N–H and O–H groups in total. The van der Waals surface area contributed by atoms with Gasteiger partial charge in [-0.25, -0.2) is 8.78 Å². The maximum absolute atomic E-state index is 12.5. The topological polar surface area (TPSA) is 12.0 Å². The van der Waals surface area contributed by atoms with E-state index in [4.69, 9.17) is 0 Å². The zero-order chi connectivity index (χ0) is 10.7. The molecule has 0 fully saturated rings. The third kappa shape index (κ3) is 3.03. The van der Waals surface area contributed by atoms with Crippen LogP contribution in [-0.2, 0) is 0 Å². The summed E-state index contributed by atoms with van der Waals surface area (Å²) in [5, 5.41) is 3.20. The Morgan fingerprint density at radius 1 is 1.25 bits per heavy atom. The summed E-state index contributed by atoms with van der Waals surface area (Å²) in [6.45, 7) is 1.75. The summed E-state index contributed by atoms with van der Waals surface area (Å²) in [4.78, 5) is 0. The number of nitrogens with one attached hydrogen (secondary N) is 1. The summed E-state index contributed by atoms with van der Waals surface area (Å²) >= 11 is 0. The van der Waals surface area contributed by atoms with Gasteiger partial charge in [-0.15, -0.1) is 12.4 Å². The van der Waals surface area contributed by atoms with Crippen molar-refractivity contribution in [3.8, 4) is 0 Å². The summed E-state index contributed by atoms with van der Waals surface area (Å²) in [6.07, 6.45) is 0.591. The first-order chi connectivity index (χ1) is 7.27. The average Bonchev–Trinajstić information content (AvgIpc) is 2.30. The van der Waals surface area contributed by atoms with Crippen molar-refractivity contribution < 1.29 is 8.78 Å². The molecule has 1 aliphatic heterocycles. The molecule has 0 unspecified atom stereocenters. The number of hydrogen-bond acceptors (Lipinski definition) is 1. The van der Waals surface area contributed by atoms with Gasteiger partial charge in [0.2, 0.25) is 0 Å².